The van der Waals surface area contributed by atoms with Gasteiger partial charge in [-0.15, -0.1) is 73.2 Å². The Balaban J connectivity index is 0.00000672. The van der Waals surface area contributed by atoms with Gasteiger partial charge in [-0.05, 0) is 381 Å². The van der Waals surface area contributed by atoms with Crippen LogP contribution < -0.4 is 19.9 Å². The van der Waals surface area contributed by atoms with Gasteiger partial charge in [0.1, 0.15) is 8.07 Å². The molecule has 10 heterocycles. The zero-order chi connectivity index (χ0) is 99.5. The Labute approximate surface area is 891 Å². The van der Waals surface area contributed by atoms with Crippen LogP contribution in [-0.4, -0.2) is 40.5 Å². The number of fused-ring (bicyclic) bond motifs is 16. The number of aromatic nitrogens is 8. The van der Waals surface area contributed by atoms with Gasteiger partial charge in [0.2, 0.25) is 0 Å². The molecule has 0 N–H and O–H groups in total. The molecule has 0 spiro atoms. The second kappa shape index (κ2) is 41.7. The number of hydrogen-bond acceptors (Lipinski definition) is 6. The largest absolute Gasteiger partial charge is 2.00 e. The van der Waals surface area contributed by atoms with Crippen molar-refractivity contribution in [2.45, 2.75) is 113 Å². The number of hydrogen-bond donors (Lipinski definition) is 0. The molecule has 0 saturated carbocycles. The van der Waals surface area contributed by atoms with Crippen molar-refractivity contribution >= 4 is 124 Å². The van der Waals surface area contributed by atoms with E-state index in [1.54, 1.807) is 23.5 Å². The molecule has 16 bridgehead atoms. The van der Waals surface area contributed by atoms with Crippen molar-refractivity contribution in [3.8, 4) is 148 Å². The summed E-state index contributed by atoms with van der Waals surface area (Å²) in [6.07, 6.45) is 21.3. The molecule has 8 nitrogen and oxygen atoms in total. The minimum Gasteiger partial charge on any atom is -0.657 e. The third-order valence-electron chi connectivity index (χ3n) is 26.7. The average Bonchev–Trinajstić information content (AvgIpc) is 1.60. The quantitative estimate of drug-likeness (QED) is 0.0746. The second-order valence-electron chi connectivity index (χ2n) is 38.9. The van der Waals surface area contributed by atoms with E-state index in [1.165, 1.54) is 32.0 Å². The Bertz CT molecular complexity index is 8450. The van der Waals surface area contributed by atoms with Crippen LogP contribution in [0.5, 0.6) is 0 Å². The van der Waals surface area contributed by atoms with Crippen LogP contribution in [0.25, 0.3) is 182 Å². The van der Waals surface area contributed by atoms with E-state index in [2.05, 4.69) is 484 Å². The monoisotopic (exact) mass is 2030 g/mol. The van der Waals surface area contributed by atoms with E-state index in [0.717, 1.165) is 273 Å². The third-order valence-corrected chi connectivity index (χ3v) is 29.0. The van der Waals surface area contributed by atoms with Crippen LogP contribution in [0.2, 0.25) is 19.6 Å². The minimum atomic E-state index is -1.83. The molecule has 17 aromatic rings. The summed E-state index contributed by atoms with van der Waals surface area (Å²) in [4.78, 5) is 48.0. The van der Waals surface area contributed by atoms with Crippen LogP contribution >= 0.6 is 23.5 Å². The fraction of sp³-hybridized carbons (Fsp3) is 0.128. The van der Waals surface area contributed by atoms with E-state index < -0.39 is 8.07 Å². The van der Waals surface area contributed by atoms with Gasteiger partial charge in [0.05, 0.1) is 45.6 Å². The predicted octanol–water partition coefficient (Wildman–Crippen LogP) is 31.4. The number of nitrogens with zero attached hydrogens (tertiary/aromatic N) is 8. The summed E-state index contributed by atoms with van der Waals surface area (Å²) < 4.78 is 0. The summed E-state index contributed by atoms with van der Waals surface area (Å²) in [7, 11) is -1.83. The van der Waals surface area contributed by atoms with Crippen molar-refractivity contribution in [2.75, 3.05) is 12.5 Å². The van der Waals surface area contributed by atoms with E-state index in [0.29, 0.717) is 0 Å². The SMILES string of the molecule is CSc1cccc(C#Cc2ccc(-c3c4nc(c(-c5c(C)cc(C)cc5C)c5ccc([n-]5)c(-c5ccc(C#Cc6cc(C#Cc7ccc(-c8c9nc(c(-c%10c(C)cc(C)cc%10C)c%10ccc([n-]%10)c(-c%10ccc(C#Cc%11cccc(SC)c%11)cc%10)c%10nc(c(-c%11c(C)cc(C)cc%11C)c%11ccc8[n-]%11)C=C%10)C=C9)cc7)cc(C#C[Si](C)(C)C)c6)cc5)c5nc(c(-c6c(C)cc(C)cc6C)c6ccc3[n-]6)C=C5)C=C4)cc2)c1.[Zn+2].[Zn+2]. The number of thioether (sulfide) groups is 2. The molecule has 0 fully saturated rings. The van der Waals surface area contributed by atoms with Crippen LogP contribution in [-0.2, 0) is 39.0 Å². The maximum Gasteiger partial charge on any atom is 2.00 e. The molecule has 6 aromatic heterocycles. The Hall–Kier alpha value is -15.4. The average molecular weight is 2040 g/mol. The molecule has 21 rings (SSSR count). The van der Waals surface area contributed by atoms with Gasteiger partial charge in [0, 0.05) is 59.9 Å². The maximum atomic E-state index is 5.72. The standard InChI is InChI=1S/C133H102N8S2Si.2Zn/c1-79-66-83(5)122(84(6)67-79)130-114-56-48-106(134-114)126(100-40-32-91(33-41-100)24-28-95-20-18-22-104(77-95)142-13)107-49-57-115(135-107)131(123-85(7)68-80(2)69-86(123)8)119-61-53-111(139-119)128(110-52-60-118(130)138-110)102-44-36-93(37-45-102)26-30-97-74-98(76-99(75-97)64-65-144(15,16)17)31-27-94-38-46-103(47-39-94)129-112-54-62-120(140-112)132(124-87(9)70-81(3)71-88(124)10)116-58-50-108(136-116)127(101-42-34-92(35-43-101)25-29-96-21-19-23-105(78-96)143-14)109-51-59-117(137-109)133(121-63-55-113(129)141-121)125-89(11)72-82(4)73-90(125)12;;/h18-23,32-63,66-78H,1-17H3;;/q-4;2*+2. The number of rotatable bonds is 10. The molecular weight excluding hydrogens is 1930 g/mol. The van der Waals surface area contributed by atoms with Gasteiger partial charge in [-0.1, -0.05) is 253 Å². The summed E-state index contributed by atoms with van der Waals surface area (Å²) in [5.41, 5.74) is 53.5. The van der Waals surface area contributed by atoms with Gasteiger partial charge < -0.3 is 19.9 Å². The molecule has 4 aliphatic heterocycles. The topological polar surface area (TPSA) is 108 Å². The third kappa shape index (κ3) is 20.6. The summed E-state index contributed by atoms with van der Waals surface area (Å²) >= 11 is 3.42. The summed E-state index contributed by atoms with van der Waals surface area (Å²) in [6, 6.07) is 92.1. The molecule has 146 heavy (non-hydrogen) atoms. The van der Waals surface area contributed by atoms with Crippen LogP contribution in [0, 0.1) is 142 Å². The van der Waals surface area contributed by atoms with E-state index in [4.69, 9.17) is 39.9 Å². The Morgan fingerprint density at radius 2 is 0.404 bits per heavy atom. The van der Waals surface area contributed by atoms with Crippen LogP contribution in [0.15, 0.2) is 271 Å². The molecule has 0 unspecified atom stereocenters. The molecule has 13 heteroatoms. The zero-order valence-electron chi connectivity index (χ0n) is 85.3. The van der Waals surface area contributed by atoms with E-state index in [1.807, 2.05) is 0 Å². The molecule has 0 atom stereocenters. The van der Waals surface area contributed by atoms with Crippen molar-refractivity contribution in [1.29, 1.82) is 0 Å². The van der Waals surface area contributed by atoms with Crippen LogP contribution in [0.1, 0.15) is 162 Å². The normalized spacial score (nSPS) is 11.6. The first-order chi connectivity index (χ1) is 69.7. The smallest absolute Gasteiger partial charge is 0.657 e. The van der Waals surface area contributed by atoms with Crippen molar-refractivity contribution in [2.24, 2.45) is 0 Å². The first-order valence-corrected chi connectivity index (χ1v) is 54.6. The molecule has 0 radical (unpaired) electrons. The zero-order valence-corrected chi connectivity index (χ0v) is 93.8. The predicted molar refractivity (Wildman–Crippen MR) is 611 cm³/mol. The maximum absolute atomic E-state index is 5.72. The Kier molecular flexibility index (Phi) is 28.4. The summed E-state index contributed by atoms with van der Waals surface area (Å²) in [6.45, 7) is 32.9. The number of benzene rings is 11. The molecule has 0 amide bonds. The van der Waals surface area contributed by atoms with E-state index in [9.17, 15) is 0 Å². The van der Waals surface area contributed by atoms with Crippen molar-refractivity contribution < 1.29 is 39.0 Å². The molecule has 4 aliphatic rings. The van der Waals surface area contributed by atoms with Gasteiger partial charge in [-0.25, -0.2) is 19.9 Å². The van der Waals surface area contributed by atoms with Crippen molar-refractivity contribution in [1.82, 2.24) is 39.9 Å². The molecular formula is C133H102N8S2SiZn2. The van der Waals surface area contributed by atoms with Crippen LogP contribution in [0.4, 0.5) is 0 Å². The first kappa shape index (κ1) is 99.3. The van der Waals surface area contributed by atoms with Crippen LogP contribution in [0.3, 0.4) is 0 Å². The molecule has 0 aliphatic carbocycles. The van der Waals surface area contributed by atoms with E-state index >= 15 is 0 Å². The first-order valence-electron chi connectivity index (χ1n) is 48.6. The van der Waals surface area contributed by atoms with Gasteiger partial charge in [-0.2, -0.15) is 0 Å². The fourth-order valence-electron chi connectivity index (χ4n) is 20.6. The van der Waals surface area contributed by atoms with Gasteiger partial charge in [0.15, 0.2) is 0 Å². The van der Waals surface area contributed by atoms with Crippen molar-refractivity contribution in [3.05, 3.63) is 423 Å². The second-order valence-corrected chi connectivity index (χ2v) is 45.4. The number of aryl methyl sites for hydroxylation is 12. The van der Waals surface area contributed by atoms with E-state index in [-0.39, 0.29) is 39.0 Å². The van der Waals surface area contributed by atoms with Gasteiger partial charge in [0.25, 0.3) is 0 Å². The minimum absolute atomic E-state index is 0. The van der Waals surface area contributed by atoms with Gasteiger partial charge in [-0.3, -0.25) is 0 Å². The Morgan fingerprint density at radius 1 is 0.205 bits per heavy atom. The Morgan fingerprint density at radius 3 is 0.623 bits per heavy atom. The van der Waals surface area contributed by atoms with Gasteiger partial charge >= 0.3 is 39.0 Å². The summed E-state index contributed by atoms with van der Waals surface area (Å²) in [5, 5.41) is 0. The van der Waals surface area contributed by atoms with Crippen molar-refractivity contribution in [3.63, 3.8) is 0 Å². The fourth-order valence-corrected chi connectivity index (χ4v) is 22.1. The molecule has 694 valence electrons. The summed E-state index contributed by atoms with van der Waals surface area (Å²) in [5.74, 6) is 31.6. The molecule has 11 aromatic carbocycles. The molecule has 0 saturated heterocycles.